The van der Waals surface area contributed by atoms with Gasteiger partial charge in [-0.3, -0.25) is 14.2 Å². The fourth-order valence-electron chi connectivity index (χ4n) is 3.42. The zero-order valence-corrected chi connectivity index (χ0v) is 16.5. The second kappa shape index (κ2) is 8.76. The number of aromatic nitrogens is 5. The number of anilines is 1. The van der Waals surface area contributed by atoms with Crippen molar-refractivity contribution in [1.29, 1.82) is 0 Å². The molecule has 0 radical (unpaired) electrons. The van der Waals surface area contributed by atoms with Gasteiger partial charge in [-0.1, -0.05) is 6.42 Å². The topological polar surface area (TPSA) is 116 Å². The summed E-state index contributed by atoms with van der Waals surface area (Å²) in [6.07, 6.45) is 7.26. The van der Waals surface area contributed by atoms with Crippen molar-refractivity contribution in [1.82, 2.24) is 29.4 Å². The fraction of sp³-hybridized carbons (Fsp3) is 0.350. The van der Waals surface area contributed by atoms with Gasteiger partial charge in [0.1, 0.15) is 12.4 Å². The van der Waals surface area contributed by atoms with Gasteiger partial charge < -0.3 is 10.6 Å². The first kappa shape index (κ1) is 19.6. The van der Waals surface area contributed by atoms with Gasteiger partial charge in [0.15, 0.2) is 0 Å². The summed E-state index contributed by atoms with van der Waals surface area (Å²) < 4.78 is 4.52. The van der Waals surface area contributed by atoms with Crippen molar-refractivity contribution in [2.75, 3.05) is 11.9 Å². The molecule has 1 aliphatic heterocycles. The van der Waals surface area contributed by atoms with Crippen LogP contribution < -0.4 is 16.3 Å². The first-order valence-electron chi connectivity index (χ1n) is 9.93. The highest BCUT2D eigenvalue weighted by Crippen LogP contribution is 2.12. The van der Waals surface area contributed by atoms with E-state index in [4.69, 9.17) is 0 Å². The summed E-state index contributed by atoms with van der Waals surface area (Å²) in [6.45, 7) is 0.240. The van der Waals surface area contributed by atoms with Crippen molar-refractivity contribution in [3.63, 3.8) is 0 Å². The van der Waals surface area contributed by atoms with E-state index in [1.54, 1.807) is 27.6 Å². The number of rotatable bonds is 6. The lowest BCUT2D eigenvalue weighted by atomic mass is 10.2. The lowest BCUT2D eigenvalue weighted by Crippen LogP contribution is -2.37. The van der Waals surface area contributed by atoms with Crippen molar-refractivity contribution in [3.05, 3.63) is 59.0 Å². The van der Waals surface area contributed by atoms with Crippen LogP contribution in [0.5, 0.6) is 0 Å². The van der Waals surface area contributed by atoms with Crippen molar-refractivity contribution >= 4 is 17.5 Å². The number of nitrogens with zero attached hydrogens (tertiary/aromatic N) is 5. The van der Waals surface area contributed by atoms with Crippen LogP contribution in [0, 0.1) is 0 Å². The summed E-state index contributed by atoms with van der Waals surface area (Å²) in [6, 6.07) is 9.00. The minimum Gasteiger partial charge on any atom is -0.345 e. The summed E-state index contributed by atoms with van der Waals surface area (Å²) in [5, 5.41) is 13.7. The monoisotopic (exact) mass is 409 g/mol. The van der Waals surface area contributed by atoms with Gasteiger partial charge in [-0.25, -0.2) is 14.2 Å². The number of carbonyl (C=O) groups is 2. The molecule has 156 valence electrons. The maximum absolute atomic E-state index is 12.4. The molecular formula is C20H23N7O3. The van der Waals surface area contributed by atoms with Gasteiger partial charge >= 0.3 is 5.69 Å². The summed E-state index contributed by atoms with van der Waals surface area (Å²) in [4.78, 5) is 36.7. The Kier molecular flexibility index (Phi) is 5.73. The number of amides is 2. The smallest absolute Gasteiger partial charge is 0.345 e. The average Bonchev–Trinajstić information content (AvgIpc) is 3.30. The van der Waals surface area contributed by atoms with Crippen LogP contribution in [-0.2, 0) is 29.1 Å². The molecule has 3 heterocycles. The number of hydrogen-bond acceptors (Lipinski definition) is 5. The van der Waals surface area contributed by atoms with E-state index in [2.05, 4.69) is 20.8 Å². The van der Waals surface area contributed by atoms with E-state index in [-0.39, 0.29) is 24.7 Å². The maximum atomic E-state index is 12.4. The van der Waals surface area contributed by atoms with Gasteiger partial charge in [-0.05, 0) is 43.2 Å². The Balaban J connectivity index is 1.28. The predicted octanol–water partition coefficient (Wildman–Crippen LogP) is 0.712. The molecule has 0 bridgehead atoms. The van der Waals surface area contributed by atoms with E-state index in [1.165, 1.54) is 4.68 Å². The number of carbonyl (C=O) groups excluding carboxylic acids is 2. The Bertz CT molecular complexity index is 1080. The van der Waals surface area contributed by atoms with Gasteiger partial charge in [0.05, 0.1) is 12.2 Å². The molecular weight excluding hydrogens is 386 g/mol. The van der Waals surface area contributed by atoms with Crippen LogP contribution in [0.1, 0.15) is 25.1 Å². The fourth-order valence-corrected chi connectivity index (χ4v) is 3.42. The highest BCUT2D eigenvalue weighted by molar-refractivity contribution is 5.94. The van der Waals surface area contributed by atoms with Crippen LogP contribution in [0.25, 0.3) is 5.69 Å². The molecule has 0 saturated heterocycles. The average molecular weight is 409 g/mol. The summed E-state index contributed by atoms with van der Waals surface area (Å²) in [5.41, 5.74) is 1.21. The molecule has 1 aromatic carbocycles. The van der Waals surface area contributed by atoms with Crippen LogP contribution in [0.2, 0.25) is 0 Å². The zero-order valence-electron chi connectivity index (χ0n) is 16.5. The molecule has 2 N–H and O–H groups in total. The van der Waals surface area contributed by atoms with Crippen molar-refractivity contribution < 1.29 is 9.59 Å². The molecule has 0 aliphatic carbocycles. The lowest BCUT2D eigenvalue weighted by molar-refractivity contribution is -0.124. The molecule has 0 saturated carbocycles. The quantitative estimate of drug-likeness (QED) is 0.622. The predicted molar refractivity (Wildman–Crippen MR) is 109 cm³/mol. The van der Waals surface area contributed by atoms with Gasteiger partial charge in [0.25, 0.3) is 0 Å². The molecule has 0 unspecified atom stereocenters. The summed E-state index contributed by atoms with van der Waals surface area (Å²) in [5.74, 6) is -0.0701. The maximum Gasteiger partial charge on any atom is 0.346 e. The molecule has 4 rings (SSSR count). The third-order valence-corrected chi connectivity index (χ3v) is 4.94. The van der Waals surface area contributed by atoms with E-state index in [0.29, 0.717) is 12.2 Å². The highest BCUT2D eigenvalue weighted by atomic mass is 16.2. The number of hydrogen-bond donors (Lipinski definition) is 2. The van der Waals surface area contributed by atoms with Crippen LogP contribution >= 0.6 is 0 Å². The van der Waals surface area contributed by atoms with Crippen LogP contribution in [-0.4, -0.2) is 42.5 Å². The number of fused-ring (bicyclic) bond motifs is 1. The second-order valence-corrected chi connectivity index (χ2v) is 7.14. The van der Waals surface area contributed by atoms with E-state index in [1.807, 2.05) is 24.4 Å². The molecule has 2 aromatic heterocycles. The van der Waals surface area contributed by atoms with Crippen molar-refractivity contribution in [2.45, 2.75) is 38.8 Å². The molecule has 0 spiro atoms. The first-order chi connectivity index (χ1) is 14.6. The van der Waals surface area contributed by atoms with Crippen LogP contribution in [0.15, 0.2) is 47.5 Å². The normalized spacial score (nSPS) is 13.3. The van der Waals surface area contributed by atoms with Crippen molar-refractivity contribution in [2.24, 2.45) is 0 Å². The molecule has 2 amide bonds. The first-order valence-corrected chi connectivity index (χ1v) is 9.93. The summed E-state index contributed by atoms with van der Waals surface area (Å²) >= 11 is 0. The molecule has 0 atom stereocenters. The minimum atomic E-state index is -0.436. The minimum absolute atomic E-state index is 0.192. The van der Waals surface area contributed by atoms with Gasteiger partial charge in [0, 0.05) is 31.0 Å². The standard InChI is InChI=1S/C20H23N7O3/c28-18(23-15-6-8-16(9-7-15)26-12-4-10-22-26)13-21-19(29)14-27-20(30)25-11-3-1-2-5-17(25)24-27/h4,6-10,12H,1-3,5,11,13-14H2,(H,21,29)(H,23,28). The Labute approximate surface area is 172 Å². The number of aryl methyl sites for hydroxylation is 1. The molecule has 30 heavy (non-hydrogen) atoms. The lowest BCUT2D eigenvalue weighted by Gasteiger charge is -2.08. The SMILES string of the molecule is O=C(Cn1nc2n(c1=O)CCCCC2)NCC(=O)Nc1ccc(-n2cccn2)cc1. The van der Waals surface area contributed by atoms with Crippen LogP contribution in [0.3, 0.4) is 0 Å². The molecule has 10 nitrogen and oxygen atoms in total. The molecule has 1 aliphatic rings. The highest BCUT2D eigenvalue weighted by Gasteiger charge is 2.17. The Hall–Kier alpha value is -3.69. The van der Waals surface area contributed by atoms with E-state index < -0.39 is 5.91 Å². The number of nitrogens with one attached hydrogen (secondary N) is 2. The Morgan fingerprint density at radius 3 is 2.67 bits per heavy atom. The van der Waals surface area contributed by atoms with Crippen molar-refractivity contribution in [3.8, 4) is 5.69 Å². The largest absolute Gasteiger partial charge is 0.346 e. The third kappa shape index (κ3) is 4.48. The van der Waals surface area contributed by atoms with Gasteiger partial charge in [0.2, 0.25) is 11.8 Å². The molecule has 3 aromatic rings. The Morgan fingerprint density at radius 1 is 1.07 bits per heavy atom. The summed E-state index contributed by atoms with van der Waals surface area (Å²) in [7, 11) is 0. The molecule has 10 heteroatoms. The second-order valence-electron chi connectivity index (χ2n) is 7.14. The Morgan fingerprint density at radius 2 is 1.90 bits per heavy atom. The van der Waals surface area contributed by atoms with Crippen LogP contribution in [0.4, 0.5) is 5.69 Å². The van der Waals surface area contributed by atoms with Gasteiger partial charge in [-0.2, -0.15) is 10.2 Å². The van der Waals surface area contributed by atoms with E-state index in [9.17, 15) is 14.4 Å². The third-order valence-electron chi connectivity index (χ3n) is 4.94. The molecule has 0 fully saturated rings. The number of benzene rings is 1. The van der Waals surface area contributed by atoms with E-state index in [0.717, 1.165) is 37.2 Å². The van der Waals surface area contributed by atoms with E-state index >= 15 is 0 Å². The van der Waals surface area contributed by atoms with Gasteiger partial charge in [-0.15, -0.1) is 0 Å². The zero-order chi connectivity index (χ0) is 20.9.